The molecule has 0 aromatic heterocycles. The Kier molecular flexibility index (Phi) is 6.39. The highest BCUT2D eigenvalue weighted by Crippen LogP contribution is 2.65. The van der Waals surface area contributed by atoms with Gasteiger partial charge in [-0.15, -0.1) is 0 Å². The lowest BCUT2D eigenvalue weighted by Crippen LogP contribution is -2.65. The average molecular weight is 421 g/mol. The van der Waals surface area contributed by atoms with E-state index in [2.05, 4.69) is 39.9 Å². The third kappa shape index (κ3) is 4.72. The van der Waals surface area contributed by atoms with Crippen LogP contribution in [0.25, 0.3) is 0 Å². The molecule has 6 nitrogen and oxygen atoms in total. The maximum Gasteiger partial charge on any atom is 0.481 e. The van der Waals surface area contributed by atoms with Gasteiger partial charge in [-0.2, -0.15) is 0 Å². The summed E-state index contributed by atoms with van der Waals surface area (Å²) in [6.45, 7) is 16.6. The van der Waals surface area contributed by atoms with E-state index in [1.54, 1.807) is 0 Å². The van der Waals surface area contributed by atoms with Crippen molar-refractivity contribution in [2.24, 2.45) is 23.2 Å². The summed E-state index contributed by atoms with van der Waals surface area (Å²) in [6, 6.07) is 0. The monoisotopic (exact) mass is 421 g/mol. The fourth-order valence-corrected chi connectivity index (χ4v) is 5.70. The number of rotatable bonds is 7. The predicted molar refractivity (Wildman–Crippen MR) is 117 cm³/mol. The van der Waals surface area contributed by atoms with Crippen LogP contribution in [0.15, 0.2) is 0 Å². The number of hydrogen-bond donors (Lipinski definition) is 1. The maximum absolute atomic E-state index is 12.6. The number of carbonyl (C=O) groups is 2. The van der Waals surface area contributed by atoms with Gasteiger partial charge >= 0.3 is 13.1 Å². The highest BCUT2D eigenvalue weighted by Gasteiger charge is 2.68. The molecule has 170 valence electrons. The van der Waals surface area contributed by atoms with Crippen molar-refractivity contribution >= 4 is 19.0 Å². The molecule has 4 rings (SSSR count). The molecule has 5 atom stereocenters. The van der Waals surface area contributed by atoms with Crippen LogP contribution in [0.3, 0.4) is 0 Å². The van der Waals surface area contributed by atoms with Crippen LogP contribution in [0, 0.1) is 23.2 Å². The molecule has 4 fully saturated rings. The first-order valence-electron chi connectivity index (χ1n) is 11.6. The second-order valence-electron chi connectivity index (χ2n) is 11.7. The number of hydrogen-bond acceptors (Lipinski definition) is 5. The van der Waals surface area contributed by atoms with E-state index in [1.807, 2.05) is 20.8 Å². The highest BCUT2D eigenvalue weighted by molar-refractivity contribution is 6.47. The van der Waals surface area contributed by atoms with Gasteiger partial charge in [0.2, 0.25) is 5.91 Å². The van der Waals surface area contributed by atoms with E-state index in [1.165, 1.54) is 6.42 Å². The predicted octanol–water partition coefficient (Wildman–Crippen LogP) is 3.91. The minimum absolute atomic E-state index is 0.0716. The summed E-state index contributed by atoms with van der Waals surface area (Å²) < 4.78 is 18.3. The van der Waals surface area contributed by atoms with Gasteiger partial charge in [0.05, 0.1) is 24.1 Å². The van der Waals surface area contributed by atoms with Crippen LogP contribution in [0.5, 0.6) is 0 Å². The molecule has 1 saturated heterocycles. The van der Waals surface area contributed by atoms with Gasteiger partial charge in [0.15, 0.2) is 0 Å². The molecule has 1 aliphatic heterocycles. The van der Waals surface area contributed by atoms with Crippen LogP contribution in [0.1, 0.15) is 87.5 Å². The van der Waals surface area contributed by atoms with E-state index in [0.717, 1.165) is 12.8 Å². The summed E-state index contributed by atoms with van der Waals surface area (Å²) in [5.41, 5.74) is -0.549. The Hall–Kier alpha value is -1.08. The molecular formula is C23H40BNO5. The lowest BCUT2D eigenvalue weighted by Gasteiger charge is -2.64. The highest BCUT2D eigenvalue weighted by atomic mass is 16.7. The summed E-state index contributed by atoms with van der Waals surface area (Å²) in [5, 5.41) is 3.09. The first kappa shape index (κ1) is 23.6. The molecule has 30 heavy (non-hydrogen) atoms. The van der Waals surface area contributed by atoms with Crippen molar-refractivity contribution in [3.8, 4) is 0 Å². The third-order valence-electron chi connectivity index (χ3n) is 7.35. The van der Waals surface area contributed by atoms with Crippen molar-refractivity contribution in [3.63, 3.8) is 0 Å². The minimum Gasteiger partial charge on any atom is -0.460 e. The van der Waals surface area contributed by atoms with Crippen LogP contribution in [-0.4, -0.2) is 42.2 Å². The SMILES string of the molecule is CC(C)C[C@H](NC(=O)CCC(=O)OC(C)(C)C)B1O[C@@H]2C[C@@H]3C[C@@H](C3(C)C)[C@]2(C)O1. The third-order valence-corrected chi connectivity index (χ3v) is 7.35. The van der Waals surface area contributed by atoms with E-state index in [-0.39, 0.29) is 47.8 Å². The second kappa shape index (κ2) is 8.12. The van der Waals surface area contributed by atoms with Crippen molar-refractivity contribution in [2.45, 2.75) is 111 Å². The molecule has 1 N–H and O–H groups in total. The van der Waals surface area contributed by atoms with Crippen molar-refractivity contribution < 1.29 is 23.6 Å². The molecule has 3 aliphatic carbocycles. The zero-order valence-corrected chi connectivity index (χ0v) is 20.0. The van der Waals surface area contributed by atoms with E-state index < -0.39 is 12.7 Å². The molecule has 3 saturated carbocycles. The Morgan fingerprint density at radius 2 is 1.83 bits per heavy atom. The van der Waals surface area contributed by atoms with E-state index in [0.29, 0.717) is 17.8 Å². The quantitative estimate of drug-likeness (QED) is 0.499. The van der Waals surface area contributed by atoms with Crippen molar-refractivity contribution in [2.75, 3.05) is 0 Å². The second-order valence-corrected chi connectivity index (χ2v) is 11.7. The largest absolute Gasteiger partial charge is 0.481 e. The van der Waals surface area contributed by atoms with Crippen molar-refractivity contribution in [1.82, 2.24) is 5.32 Å². The first-order chi connectivity index (χ1) is 13.7. The fraction of sp³-hybridized carbons (Fsp3) is 0.913. The number of nitrogens with one attached hydrogen (secondary N) is 1. The number of esters is 1. The van der Waals surface area contributed by atoms with Crippen LogP contribution < -0.4 is 5.32 Å². The normalized spacial score (nSPS) is 33.0. The van der Waals surface area contributed by atoms with E-state index in [4.69, 9.17) is 14.0 Å². The lowest BCUT2D eigenvalue weighted by molar-refractivity contribution is -0.199. The molecule has 1 amide bonds. The topological polar surface area (TPSA) is 73.9 Å². The van der Waals surface area contributed by atoms with Crippen LogP contribution in [0.4, 0.5) is 0 Å². The molecule has 0 spiro atoms. The lowest BCUT2D eigenvalue weighted by atomic mass is 9.43. The van der Waals surface area contributed by atoms with Gasteiger partial charge in [-0.05, 0) is 70.1 Å². The molecule has 0 aromatic rings. The first-order valence-corrected chi connectivity index (χ1v) is 11.6. The summed E-state index contributed by atoms with van der Waals surface area (Å²) in [5.74, 6) is 0.819. The Balaban J connectivity index is 1.60. The zero-order chi connectivity index (χ0) is 22.5. The molecule has 0 aromatic carbocycles. The van der Waals surface area contributed by atoms with Gasteiger partial charge in [0.25, 0.3) is 0 Å². The fourth-order valence-electron chi connectivity index (χ4n) is 5.70. The molecule has 2 bridgehead atoms. The van der Waals surface area contributed by atoms with Gasteiger partial charge in [-0.3, -0.25) is 9.59 Å². The Morgan fingerprint density at radius 3 is 2.40 bits per heavy atom. The van der Waals surface area contributed by atoms with Crippen LogP contribution in [0.2, 0.25) is 0 Å². The standard InChI is InChI=1S/C23H40BNO5/c1-14(2)11-18(25-19(26)9-10-20(27)28-21(3,4)5)24-29-17-13-15-12-16(22(15,6)7)23(17,8)30-24/h14-18H,9-13H2,1-8H3,(H,25,26)/t15-,16-,17+,18-,23-/m0/s1. The van der Waals surface area contributed by atoms with Crippen molar-refractivity contribution in [1.29, 1.82) is 0 Å². The molecule has 0 unspecified atom stereocenters. The van der Waals surface area contributed by atoms with Gasteiger partial charge in [0, 0.05) is 6.42 Å². The number of carbonyl (C=O) groups excluding carboxylic acids is 2. The van der Waals surface area contributed by atoms with Crippen molar-refractivity contribution in [3.05, 3.63) is 0 Å². The average Bonchev–Trinajstić information content (AvgIpc) is 2.94. The minimum atomic E-state index is -0.542. The summed E-state index contributed by atoms with van der Waals surface area (Å²) >= 11 is 0. The zero-order valence-electron chi connectivity index (χ0n) is 20.0. The number of ether oxygens (including phenoxy) is 1. The Bertz CT molecular complexity index is 673. The Labute approximate surface area is 182 Å². The number of amides is 1. The summed E-state index contributed by atoms with van der Waals surface area (Å²) in [7, 11) is -0.442. The molecule has 4 aliphatic rings. The molecule has 7 heteroatoms. The van der Waals surface area contributed by atoms with Gasteiger partial charge in [-0.1, -0.05) is 27.7 Å². The Morgan fingerprint density at radius 1 is 1.17 bits per heavy atom. The smallest absolute Gasteiger partial charge is 0.460 e. The van der Waals surface area contributed by atoms with Crippen LogP contribution >= 0.6 is 0 Å². The van der Waals surface area contributed by atoms with E-state index in [9.17, 15) is 9.59 Å². The summed E-state index contributed by atoms with van der Waals surface area (Å²) in [6.07, 6.45) is 3.26. The van der Waals surface area contributed by atoms with Crippen LogP contribution in [-0.2, 0) is 23.6 Å². The van der Waals surface area contributed by atoms with Gasteiger partial charge in [0.1, 0.15) is 5.60 Å². The van der Waals surface area contributed by atoms with E-state index >= 15 is 0 Å². The summed E-state index contributed by atoms with van der Waals surface area (Å²) in [4.78, 5) is 24.5. The molecule has 1 heterocycles. The maximum atomic E-state index is 12.6. The molecule has 0 radical (unpaired) electrons. The molecular weight excluding hydrogens is 381 g/mol. The van der Waals surface area contributed by atoms with Gasteiger partial charge < -0.3 is 19.4 Å². The van der Waals surface area contributed by atoms with Gasteiger partial charge in [-0.25, -0.2) is 0 Å².